The summed E-state index contributed by atoms with van der Waals surface area (Å²) in [4.78, 5) is 23.7. The van der Waals surface area contributed by atoms with Gasteiger partial charge in [-0.25, -0.2) is 4.79 Å². The van der Waals surface area contributed by atoms with Gasteiger partial charge >= 0.3 is 5.97 Å². The molecule has 1 saturated heterocycles. The average Bonchev–Trinajstić information content (AvgIpc) is 2.53. The molecule has 1 aromatic rings. The van der Waals surface area contributed by atoms with E-state index in [0.717, 1.165) is 12.8 Å². The van der Waals surface area contributed by atoms with Gasteiger partial charge in [0, 0.05) is 19.6 Å². The number of halogens is 1. The number of hydrogen-bond donors (Lipinski definition) is 2. The molecule has 1 fully saturated rings. The van der Waals surface area contributed by atoms with Crippen molar-refractivity contribution in [2.24, 2.45) is 5.92 Å². The lowest BCUT2D eigenvalue weighted by atomic mass is 9.96. The van der Waals surface area contributed by atoms with Crippen molar-refractivity contribution < 1.29 is 24.2 Å². The van der Waals surface area contributed by atoms with Gasteiger partial charge in [0.25, 0.3) is 0 Å². The molecule has 126 valence electrons. The largest absolute Gasteiger partial charge is 0.496 e. The van der Waals surface area contributed by atoms with E-state index in [4.69, 9.17) is 9.47 Å². The number of ether oxygens (including phenoxy) is 2. The molecule has 0 bridgehead atoms. The predicted molar refractivity (Wildman–Crippen MR) is 87.4 cm³/mol. The Morgan fingerprint density at radius 3 is 2.70 bits per heavy atom. The molecular formula is C16H20BrNO5. The first-order chi connectivity index (χ1) is 11.0. The van der Waals surface area contributed by atoms with Gasteiger partial charge < -0.3 is 19.9 Å². The highest BCUT2D eigenvalue weighted by molar-refractivity contribution is 9.10. The Morgan fingerprint density at radius 1 is 1.43 bits per heavy atom. The Hall–Kier alpha value is -1.60. The number of amides is 1. The normalized spacial score (nSPS) is 16.6. The van der Waals surface area contributed by atoms with E-state index >= 15 is 0 Å². The molecule has 2 N–H and O–H groups in total. The maximum atomic E-state index is 12.2. The molecule has 1 aromatic carbocycles. The maximum absolute atomic E-state index is 12.2. The fraction of sp³-hybridized carbons (Fsp3) is 0.500. The number of aliphatic carboxylic acids is 1. The van der Waals surface area contributed by atoms with Crippen LogP contribution in [0.5, 0.6) is 5.75 Å². The third-order valence-corrected chi connectivity index (χ3v) is 4.50. The van der Waals surface area contributed by atoms with Crippen molar-refractivity contribution in [3.05, 3.63) is 28.2 Å². The number of methoxy groups -OCH3 is 1. The predicted octanol–water partition coefficient (Wildman–Crippen LogP) is 2.52. The zero-order valence-electron chi connectivity index (χ0n) is 12.9. The van der Waals surface area contributed by atoms with Crippen LogP contribution in [0.25, 0.3) is 0 Å². The van der Waals surface area contributed by atoms with E-state index in [9.17, 15) is 14.7 Å². The van der Waals surface area contributed by atoms with E-state index in [1.807, 2.05) is 0 Å². The van der Waals surface area contributed by atoms with Gasteiger partial charge in [0.05, 0.1) is 11.6 Å². The van der Waals surface area contributed by atoms with Crippen LogP contribution in [0.2, 0.25) is 0 Å². The van der Waals surface area contributed by atoms with E-state index in [-0.39, 0.29) is 11.8 Å². The highest BCUT2D eigenvalue weighted by Crippen LogP contribution is 2.28. The summed E-state index contributed by atoms with van der Waals surface area (Å²) in [7, 11) is 1.53. The molecule has 23 heavy (non-hydrogen) atoms. The Morgan fingerprint density at radius 2 is 2.13 bits per heavy atom. The molecule has 7 heteroatoms. The molecule has 0 aliphatic carbocycles. The monoisotopic (exact) mass is 385 g/mol. The number of carboxylic acids is 1. The van der Waals surface area contributed by atoms with E-state index in [1.165, 1.54) is 7.11 Å². The lowest BCUT2D eigenvalue weighted by Crippen LogP contribution is -2.35. The lowest BCUT2D eigenvalue weighted by Gasteiger charge is -2.22. The fourth-order valence-corrected chi connectivity index (χ4v) is 3.14. The van der Waals surface area contributed by atoms with E-state index in [1.54, 1.807) is 18.2 Å². The molecule has 0 aromatic heterocycles. The number of hydrogen-bond acceptors (Lipinski definition) is 4. The van der Waals surface area contributed by atoms with Gasteiger partial charge in [0.15, 0.2) is 6.04 Å². The summed E-state index contributed by atoms with van der Waals surface area (Å²) >= 11 is 3.33. The molecule has 1 heterocycles. The van der Waals surface area contributed by atoms with E-state index < -0.39 is 12.0 Å². The lowest BCUT2D eigenvalue weighted by molar-refractivity contribution is -0.142. The number of benzene rings is 1. The molecule has 1 aliphatic rings. The van der Waals surface area contributed by atoms with Crippen molar-refractivity contribution in [3.8, 4) is 5.75 Å². The number of rotatable bonds is 6. The number of carbonyl (C=O) groups excluding carboxylic acids is 1. The Bertz CT molecular complexity index is 572. The summed E-state index contributed by atoms with van der Waals surface area (Å²) in [5.74, 6) is -0.495. The molecule has 0 spiro atoms. The van der Waals surface area contributed by atoms with Gasteiger partial charge in [-0.3, -0.25) is 4.79 Å². The van der Waals surface area contributed by atoms with Gasteiger partial charge in [-0.05, 0) is 52.4 Å². The van der Waals surface area contributed by atoms with Crippen LogP contribution in [0.4, 0.5) is 0 Å². The van der Waals surface area contributed by atoms with Crippen LogP contribution in [0, 0.1) is 5.92 Å². The second kappa shape index (κ2) is 8.31. The van der Waals surface area contributed by atoms with Gasteiger partial charge in [-0.2, -0.15) is 0 Å². The summed E-state index contributed by atoms with van der Waals surface area (Å²) in [5, 5.41) is 12.0. The number of nitrogens with one attached hydrogen (secondary N) is 1. The quantitative estimate of drug-likeness (QED) is 0.785. The first-order valence-electron chi connectivity index (χ1n) is 7.44. The third kappa shape index (κ3) is 4.94. The number of carboxylic acid groups (broad SMARTS) is 1. The molecule has 1 atom stereocenters. The Balaban J connectivity index is 2.04. The standard InChI is InChI=1S/C16H20BrNO5/c1-22-13-3-2-11(9-12(13)17)15(16(20)21)18-14(19)8-10-4-6-23-7-5-10/h2-3,9-10,15H,4-8H2,1H3,(H,18,19)(H,20,21). The molecular weight excluding hydrogens is 366 g/mol. The molecule has 2 rings (SSSR count). The zero-order chi connectivity index (χ0) is 16.8. The fourth-order valence-electron chi connectivity index (χ4n) is 2.58. The van der Waals surface area contributed by atoms with Crippen molar-refractivity contribution in [2.75, 3.05) is 20.3 Å². The smallest absolute Gasteiger partial charge is 0.330 e. The molecule has 0 radical (unpaired) electrons. The summed E-state index contributed by atoms with van der Waals surface area (Å²) in [5.41, 5.74) is 0.491. The molecule has 1 amide bonds. The number of carbonyl (C=O) groups is 2. The van der Waals surface area contributed by atoms with E-state index in [2.05, 4.69) is 21.2 Å². The summed E-state index contributed by atoms with van der Waals surface area (Å²) in [6.45, 7) is 1.32. The van der Waals surface area contributed by atoms with Crippen LogP contribution in [0.15, 0.2) is 22.7 Å². The average molecular weight is 386 g/mol. The third-order valence-electron chi connectivity index (χ3n) is 3.88. The van der Waals surface area contributed by atoms with Crippen LogP contribution in [0.1, 0.15) is 30.9 Å². The highest BCUT2D eigenvalue weighted by Gasteiger charge is 2.25. The van der Waals surface area contributed by atoms with Crippen molar-refractivity contribution in [3.63, 3.8) is 0 Å². The van der Waals surface area contributed by atoms with Gasteiger partial charge in [0.1, 0.15) is 5.75 Å². The van der Waals surface area contributed by atoms with Crippen LogP contribution in [-0.4, -0.2) is 37.3 Å². The minimum Gasteiger partial charge on any atom is -0.496 e. The van der Waals surface area contributed by atoms with Crippen LogP contribution in [0.3, 0.4) is 0 Å². The van der Waals surface area contributed by atoms with Crippen molar-refractivity contribution >= 4 is 27.8 Å². The first kappa shape index (κ1) is 17.7. The van der Waals surface area contributed by atoms with Crippen LogP contribution in [-0.2, 0) is 14.3 Å². The minimum absolute atomic E-state index is 0.251. The Labute approximate surface area is 143 Å². The van der Waals surface area contributed by atoms with Gasteiger partial charge in [0.2, 0.25) is 5.91 Å². The topological polar surface area (TPSA) is 84.9 Å². The SMILES string of the molecule is COc1ccc(C(NC(=O)CC2CCOCC2)C(=O)O)cc1Br. The van der Waals surface area contributed by atoms with Crippen molar-refractivity contribution in [1.82, 2.24) is 5.32 Å². The zero-order valence-corrected chi connectivity index (χ0v) is 14.5. The molecule has 1 unspecified atom stereocenters. The molecule has 0 saturated carbocycles. The second-order valence-electron chi connectivity index (χ2n) is 5.49. The van der Waals surface area contributed by atoms with Gasteiger partial charge in [-0.15, -0.1) is 0 Å². The summed E-state index contributed by atoms with van der Waals surface area (Å²) < 4.78 is 11.0. The highest BCUT2D eigenvalue weighted by atomic mass is 79.9. The van der Waals surface area contributed by atoms with E-state index in [0.29, 0.717) is 35.4 Å². The summed E-state index contributed by atoms with van der Waals surface area (Å²) in [6.07, 6.45) is 1.99. The first-order valence-corrected chi connectivity index (χ1v) is 8.24. The Kier molecular flexibility index (Phi) is 6.41. The van der Waals surface area contributed by atoms with Crippen molar-refractivity contribution in [1.29, 1.82) is 0 Å². The minimum atomic E-state index is -1.10. The molecule has 1 aliphatic heterocycles. The van der Waals surface area contributed by atoms with Crippen molar-refractivity contribution in [2.45, 2.75) is 25.3 Å². The van der Waals surface area contributed by atoms with Crippen LogP contribution < -0.4 is 10.1 Å². The summed E-state index contributed by atoms with van der Waals surface area (Å²) in [6, 6.07) is 3.87. The van der Waals surface area contributed by atoms with Gasteiger partial charge in [-0.1, -0.05) is 6.07 Å². The molecule has 6 nitrogen and oxygen atoms in total. The second-order valence-corrected chi connectivity index (χ2v) is 6.35. The maximum Gasteiger partial charge on any atom is 0.330 e. The van der Waals surface area contributed by atoms with Crippen LogP contribution >= 0.6 is 15.9 Å².